The standard InChI is InChI=1S/C25H34N4O5/c1-3-27(4-2)15-23(31)28-12-6-5-7-18(28)16-34-19-8-9-20-17(13-19)14-29(25(20)33)21-10-11-22(30)26-24(21)32/h8-9,13,18,21H,3-7,10-12,14-16H2,1-2H3,(H,26,30,32)/t18-,21?/m1/s1. The number of piperidine rings is 2. The molecule has 1 aromatic rings. The lowest BCUT2D eigenvalue weighted by Crippen LogP contribution is -2.52. The molecule has 2 fully saturated rings. The maximum Gasteiger partial charge on any atom is 0.255 e. The van der Waals surface area contributed by atoms with Gasteiger partial charge in [0.2, 0.25) is 17.7 Å². The van der Waals surface area contributed by atoms with E-state index in [9.17, 15) is 19.2 Å². The second-order valence-corrected chi connectivity index (χ2v) is 9.23. The van der Waals surface area contributed by atoms with E-state index in [0.29, 0.717) is 37.4 Å². The zero-order valence-corrected chi connectivity index (χ0v) is 20.0. The monoisotopic (exact) mass is 470 g/mol. The van der Waals surface area contributed by atoms with E-state index < -0.39 is 11.9 Å². The van der Waals surface area contributed by atoms with Crippen molar-refractivity contribution in [3.05, 3.63) is 29.3 Å². The van der Waals surface area contributed by atoms with Gasteiger partial charge in [-0.2, -0.15) is 0 Å². The number of fused-ring (bicyclic) bond motifs is 1. The van der Waals surface area contributed by atoms with Crippen molar-refractivity contribution in [2.24, 2.45) is 0 Å². The normalized spacial score (nSPS) is 22.7. The first-order valence-electron chi connectivity index (χ1n) is 12.3. The highest BCUT2D eigenvalue weighted by atomic mass is 16.5. The molecule has 0 bridgehead atoms. The number of likely N-dealkylation sites (tertiary alicyclic amines) is 1. The van der Waals surface area contributed by atoms with Gasteiger partial charge in [-0.15, -0.1) is 0 Å². The third kappa shape index (κ3) is 5.09. The van der Waals surface area contributed by atoms with Gasteiger partial charge in [-0.1, -0.05) is 13.8 Å². The van der Waals surface area contributed by atoms with Gasteiger partial charge in [0.05, 0.1) is 12.6 Å². The number of benzene rings is 1. The number of rotatable bonds is 8. The Bertz CT molecular complexity index is 961. The van der Waals surface area contributed by atoms with Gasteiger partial charge in [-0.3, -0.25) is 29.4 Å². The Balaban J connectivity index is 1.38. The minimum Gasteiger partial charge on any atom is -0.491 e. The summed E-state index contributed by atoms with van der Waals surface area (Å²) in [5.41, 5.74) is 1.37. The number of hydrogen-bond donors (Lipinski definition) is 1. The smallest absolute Gasteiger partial charge is 0.255 e. The van der Waals surface area contributed by atoms with Crippen LogP contribution in [0.1, 0.15) is 61.9 Å². The number of hydrogen-bond acceptors (Lipinski definition) is 6. The van der Waals surface area contributed by atoms with Crippen LogP contribution in [0.25, 0.3) is 0 Å². The van der Waals surface area contributed by atoms with Crippen LogP contribution in [-0.2, 0) is 20.9 Å². The second kappa shape index (κ2) is 10.5. The summed E-state index contributed by atoms with van der Waals surface area (Å²) in [6.45, 7) is 7.74. The first-order chi connectivity index (χ1) is 16.4. The number of likely N-dealkylation sites (N-methyl/N-ethyl adjacent to an activating group) is 1. The maximum absolute atomic E-state index is 12.9. The maximum atomic E-state index is 12.9. The molecule has 3 aliphatic rings. The molecule has 9 nitrogen and oxygen atoms in total. The van der Waals surface area contributed by atoms with Crippen LogP contribution in [0, 0.1) is 0 Å². The summed E-state index contributed by atoms with van der Waals surface area (Å²) in [6.07, 6.45) is 3.57. The second-order valence-electron chi connectivity index (χ2n) is 9.23. The fourth-order valence-electron chi connectivity index (χ4n) is 5.06. The van der Waals surface area contributed by atoms with Crippen molar-refractivity contribution < 1.29 is 23.9 Å². The van der Waals surface area contributed by atoms with Crippen molar-refractivity contribution in [1.82, 2.24) is 20.0 Å². The molecule has 184 valence electrons. The topological polar surface area (TPSA) is 99.3 Å². The Labute approximate surface area is 200 Å². The van der Waals surface area contributed by atoms with E-state index in [1.807, 2.05) is 11.0 Å². The van der Waals surface area contributed by atoms with Crippen LogP contribution in [0.3, 0.4) is 0 Å². The molecule has 9 heteroatoms. The molecule has 0 spiro atoms. The molecule has 34 heavy (non-hydrogen) atoms. The quantitative estimate of drug-likeness (QED) is 0.579. The van der Waals surface area contributed by atoms with Crippen molar-refractivity contribution in [2.75, 3.05) is 32.8 Å². The molecule has 1 aromatic carbocycles. The zero-order valence-electron chi connectivity index (χ0n) is 20.0. The minimum atomic E-state index is -0.630. The van der Waals surface area contributed by atoms with E-state index in [1.165, 1.54) is 4.90 Å². The fraction of sp³-hybridized carbons (Fsp3) is 0.600. The molecule has 2 atom stereocenters. The van der Waals surface area contributed by atoms with E-state index in [2.05, 4.69) is 24.1 Å². The Morgan fingerprint density at radius 1 is 1.15 bits per heavy atom. The number of amides is 4. The van der Waals surface area contributed by atoms with Crippen LogP contribution in [0.5, 0.6) is 5.75 Å². The van der Waals surface area contributed by atoms with Crippen LogP contribution in [0.15, 0.2) is 18.2 Å². The van der Waals surface area contributed by atoms with Crippen molar-refractivity contribution in [3.8, 4) is 5.75 Å². The third-order valence-electron chi connectivity index (χ3n) is 7.14. The Hall–Kier alpha value is -2.94. The van der Waals surface area contributed by atoms with Crippen molar-refractivity contribution >= 4 is 23.6 Å². The molecular weight excluding hydrogens is 436 g/mol. The summed E-state index contributed by atoms with van der Waals surface area (Å²) in [6, 6.07) is 4.77. The average Bonchev–Trinajstić information content (AvgIpc) is 3.16. The van der Waals surface area contributed by atoms with E-state index in [-0.39, 0.29) is 30.2 Å². The van der Waals surface area contributed by atoms with Gasteiger partial charge >= 0.3 is 0 Å². The molecule has 0 aromatic heterocycles. The number of nitrogens with one attached hydrogen (secondary N) is 1. The fourth-order valence-corrected chi connectivity index (χ4v) is 5.06. The summed E-state index contributed by atoms with van der Waals surface area (Å²) in [5.74, 6) is -0.111. The molecule has 1 N–H and O–H groups in total. The molecule has 0 saturated carbocycles. The molecule has 1 unspecified atom stereocenters. The molecule has 4 rings (SSSR count). The molecule has 3 aliphatic heterocycles. The van der Waals surface area contributed by atoms with Gasteiger partial charge in [0.15, 0.2) is 0 Å². The predicted octanol–water partition coefficient (Wildman–Crippen LogP) is 1.55. The molecule has 4 amide bonds. The first-order valence-corrected chi connectivity index (χ1v) is 12.3. The summed E-state index contributed by atoms with van der Waals surface area (Å²) in [5, 5.41) is 2.32. The highest BCUT2D eigenvalue weighted by molar-refractivity contribution is 6.05. The largest absolute Gasteiger partial charge is 0.491 e. The van der Waals surface area contributed by atoms with Gasteiger partial charge in [0.1, 0.15) is 18.4 Å². The summed E-state index contributed by atoms with van der Waals surface area (Å²) in [7, 11) is 0. The summed E-state index contributed by atoms with van der Waals surface area (Å²) in [4.78, 5) is 55.1. The summed E-state index contributed by atoms with van der Waals surface area (Å²) >= 11 is 0. The van der Waals surface area contributed by atoms with Crippen LogP contribution >= 0.6 is 0 Å². The van der Waals surface area contributed by atoms with Gasteiger partial charge in [-0.05, 0) is 62.5 Å². The third-order valence-corrected chi connectivity index (χ3v) is 7.14. The van der Waals surface area contributed by atoms with Crippen molar-refractivity contribution in [1.29, 1.82) is 0 Å². The number of carbonyl (C=O) groups is 4. The summed E-state index contributed by atoms with van der Waals surface area (Å²) < 4.78 is 6.10. The Morgan fingerprint density at radius 3 is 2.68 bits per heavy atom. The number of ether oxygens (including phenoxy) is 1. The molecule has 0 radical (unpaired) electrons. The highest BCUT2D eigenvalue weighted by Crippen LogP contribution is 2.30. The lowest BCUT2D eigenvalue weighted by atomic mass is 10.0. The predicted molar refractivity (Wildman–Crippen MR) is 125 cm³/mol. The SMILES string of the molecule is CCN(CC)CC(=O)N1CCCC[C@@H]1COc1ccc2c(c1)CN(C1CCC(=O)NC1=O)C2=O. The van der Waals surface area contributed by atoms with Crippen molar-refractivity contribution in [2.45, 2.75) is 64.6 Å². The van der Waals surface area contributed by atoms with Gasteiger partial charge < -0.3 is 14.5 Å². The lowest BCUT2D eigenvalue weighted by Gasteiger charge is -2.36. The molecule has 2 saturated heterocycles. The van der Waals surface area contributed by atoms with Gasteiger partial charge in [0, 0.05) is 25.1 Å². The van der Waals surface area contributed by atoms with Crippen LogP contribution in [-0.4, -0.2) is 83.2 Å². The molecule has 0 aliphatic carbocycles. The number of carbonyl (C=O) groups excluding carboxylic acids is 4. The van der Waals surface area contributed by atoms with Crippen LogP contribution < -0.4 is 10.1 Å². The Kier molecular flexibility index (Phi) is 7.50. The van der Waals surface area contributed by atoms with Crippen LogP contribution in [0.4, 0.5) is 0 Å². The number of nitrogens with zero attached hydrogens (tertiary/aromatic N) is 3. The molecular formula is C25H34N4O5. The lowest BCUT2D eigenvalue weighted by molar-refractivity contribution is -0.138. The van der Waals surface area contributed by atoms with E-state index in [1.54, 1.807) is 12.1 Å². The van der Waals surface area contributed by atoms with Crippen molar-refractivity contribution in [3.63, 3.8) is 0 Å². The van der Waals surface area contributed by atoms with E-state index >= 15 is 0 Å². The van der Waals surface area contributed by atoms with Gasteiger partial charge in [-0.25, -0.2) is 0 Å². The average molecular weight is 471 g/mol. The minimum absolute atomic E-state index is 0.0340. The van der Waals surface area contributed by atoms with Crippen LogP contribution in [0.2, 0.25) is 0 Å². The molecule has 3 heterocycles. The zero-order chi connectivity index (χ0) is 24.2. The van der Waals surface area contributed by atoms with Gasteiger partial charge in [0.25, 0.3) is 5.91 Å². The highest BCUT2D eigenvalue weighted by Gasteiger charge is 2.39. The first kappa shape index (κ1) is 24.2. The Morgan fingerprint density at radius 2 is 1.94 bits per heavy atom. The van der Waals surface area contributed by atoms with E-state index in [0.717, 1.165) is 44.5 Å². The number of imide groups is 1. The van der Waals surface area contributed by atoms with E-state index in [4.69, 9.17) is 4.74 Å².